The lowest BCUT2D eigenvalue weighted by Crippen LogP contribution is -2.50. The van der Waals surface area contributed by atoms with E-state index in [2.05, 4.69) is 20.3 Å². The number of nitrogens with one attached hydrogen (secondary N) is 1. The number of aryl methyl sites for hydroxylation is 1. The van der Waals surface area contributed by atoms with E-state index >= 15 is 0 Å². The molecular formula is C16H19ClN6O2. The lowest BCUT2D eigenvalue weighted by Gasteiger charge is -2.34. The van der Waals surface area contributed by atoms with Gasteiger partial charge in [-0.3, -0.25) is 0 Å². The Morgan fingerprint density at radius 1 is 1.20 bits per heavy atom. The van der Waals surface area contributed by atoms with E-state index in [1.54, 1.807) is 43.3 Å². The zero-order valence-electron chi connectivity index (χ0n) is 14.1. The van der Waals surface area contributed by atoms with Crippen molar-refractivity contribution in [3.63, 3.8) is 0 Å². The van der Waals surface area contributed by atoms with E-state index in [9.17, 15) is 4.79 Å². The molecule has 0 unspecified atom stereocenters. The first-order chi connectivity index (χ1) is 12.1. The van der Waals surface area contributed by atoms with Crippen LogP contribution in [-0.2, 0) is 0 Å². The second-order valence-corrected chi connectivity index (χ2v) is 5.96. The van der Waals surface area contributed by atoms with E-state index in [1.165, 1.54) is 0 Å². The highest BCUT2D eigenvalue weighted by Crippen LogP contribution is 2.18. The summed E-state index contributed by atoms with van der Waals surface area (Å²) >= 11 is 5.84. The molecule has 0 aromatic carbocycles. The molecule has 0 bridgehead atoms. The van der Waals surface area contributed by atoms with Gasteiger partial charge in [-0.1, -0.05) is 11.6 Å². The van der Waals surface area contributed by atoms with Gasteiger partial charge in [0.2, 0.25) is 11.8 Å². The normalized spacial score (nSPS) is 14.4. The maximum absolute atomic E-state index is 12.4. The molecule has 132 valence electrons. The number of rotatable bonds is 3. The highest BCUT2D eigenvalue weighted by molar-refractivity contribution is 6.29. The van der Waals surface area contributed by atoms with Crippen LogP contribution in [0.3, 0.4) is 0 Å². The minimum Gasteiger partial charge on any atom is -0.481 e. The minimum absolute atomic E-state index is 0.154. The maximum Gasteiger partial charge on any atom is 0.322 e. The van der Waals surface area contributed by atoms with Crippen LogP contribution >= 0.6 is 11.6 Å². The van der Waals surface area contributed by atoms with Crippen LogP contribution in [0, 0.1) is 6.92 Å². The molecule has 0 aliphatic carbocycles. The van der Waals surface area contributed by atoms with E-state index < -0.39 is 0 Å². The number of urea groups is 1. The Morgan fingerprint density at radius 2 is 1.96 bits per heavy atom. The molecule has 0 saturated carbocycles. The third-order valence-electron chi connectivity index (χ3n) is 3.97. The van der Waals surface area contributed by atoms with Gasteiger partial charge in [-0.15, -0.1) is 0 Å². The van der Waals surface area contributed by atoms with Crippen molar-refractivity contribution in [2.45, 2.75) is 6.92 Å². The summed E-state index contributed by atoms with van der Waals surface area (Å²) in [6.45, 7) is 4.26. The van der Waals surface area contributed by atoms with E-state index in [0.29, 0.717) is 54.5 Å². The fourth-order valence-corrected chi connectivity index (χ4v) is 2.75. The predicted octanol–water partition coefficient (Wildman–Crippen LogP) is 2.20. The number of methoxy groups -OCH3 is 1. The third kappa shape index (κ3) is 4.08. The van der Waals surface area contributed by atoms with Gasteiger partial charge in [-0.25, -0.2) is 14.8 Å². The molecule has 1 fully saturated rings. The second-order valence-electron chi connectivity index (χ2n) is 5.57. The zero-order valence-corrected chi connectivity index (χ0v) is 14.8. The van der Waals surface area contributed by atoms with Crippen LogP contribution in [0.1, 0.15) is 5.69 Å². The number of aromatic nitrogens is 3. The lowest BCUT2D eigenvalue weighted by molar-refractivity contribution is 0.208. The molecule has 1 aliphatic rings. The quantitative estimate of drug-likeness (QED) is 0.843. The van der Waals surface area contributed by atoms with Gasteiger partial charge in [-0.2, -0.15) is 4.98 Å². The molecule has 0 atom stereocenters. The number of ether oxygens (including phenoxy) is 1. The summed E-state index contributed by atoms with van der Waals surface area (Å²) < 4.78 is 5.12. The van der Waals surface area contributed by atoms with Crippen LogP contribution in [0.5, 0.6) is 5.88 Å². The second kappa shape index (κ2) is 7.52. The van der Waals surface area contributed by atoms with Crippen LogP contribution in [0.4, 0.5) is 16.4 Å². The summed E-state index contributed by atoms with van der Waals surface area (Å²) in [6.07, 6.45) is 1.66. The highest BCUT2D eigenvalue weighted by Gasteiger charge is 2.23. The molecule has 3 heterocycles. The van der Waals surface area contributed by atoms with E-state index in [-0.39, 0.29) is 6.03 Å². The summed E-state index contributed by atoms with van der Waals surface area (Å²) in [4.78, 5) is 28.9. The Morgan fingerprint density at radius 3 is 2.64 bits per heavy atom. The molecule has 0 radical (unpaired) electrons. The smallest absolute Gasteiger partial charge is 0.322 e. The average molecular weight is 363 g/mol. The fraction of sp³-hybridized carbons (Fsp3) is 0.375. The molecule has 1 aliphatic heterocycles. The highest BCUT2D eigenvalue weighted by atomic mass is 35.5. The van der Waals surface area contributed by atoms with Crippen LogP contribution < -0.4 is 15.0 Å². The van der Waals surface area contributed by atoms with Crippen molar-refractivity contribution in [3.05, 3.63) is 35.2 Å². The number of pyridine rings is 1. The van der Waals surface area contributed by atoms with E-state index in [4.69, 9.17) is 16.3 Å². The molecule has 1 N–H and O–H groups in total. The Kier molecular flexibility index (Phi) is 5.18. The van der Waals surface area contributed by atoms with Gasteiger partial charge in [0.1, 0.15) is 5.15 Å². The van der Waals surface area contributed by atoms with Gasteiger partial charge in [0.15, 0.2) is 0 Å². The molecule has 0 spiro atoms. The molecule has 3 rings (SSSR count). The van der Waals surface area contributed by atoms with Gasteiger partial charge in [0, 0.05) is 38.4 Å². The van der Waals surface area contributed by atoms with Crippen molar-refractivity contribution in [3.8, 4) is 5.88 Å². The van der Waals surface area contributed by atoms with E-state index in [1.807, 2.05) is 4.90 Å². The van der Waals surface area contributed by atoms with Crippen LogP contribution in [0.25, 0.3) is 0 Å². The van der Waals surface area contributed by atoms with Gasteiger partial charge >= 0.3 is 6.03 Å². The van der Waals surface area contributed by atoms with Gasteiger partial charge < -0.3 is 19.9 Å². The van der Waals surface area contributed by atoms with E-state index in [0.717, 1.165) is 0 Å². The van der Waals surface area contributed by atoms with Crippen molar-refractivity contribution in [2.24, 2.45) is 0 Å². The van der Waals surface area contributed by atoms with Gasteiger partial charge in [0.25, 0.3) is 0 Å². The van der Waals surface area contributed by atoms with Crippen LogP contribution in [0.15, 0.2) is 24.4 Å². The number of halogens is 1. The van der Waals surface area contributed by atoms with Gasteiger partial charge in [0.05, 0.1) is 18.5 Å². The number of piperazine rings is 1. The Bertz CT molecular complexity index is 764. The van der Waals surface area contributed by atoms with Crippen molar-refractivity contribution in [2.75, 3.05) is 43.5 Å². The summed E-state index contributed by atoms with van der Waals surface area (Å²) in [5.41, 5.74) is 1.34. The number of anilines is 2. The Balaban J connectivity index is 1.58. The molecule has 25 heavy (non-hydrogen) atoms. The Hall–Kier alpha value is -2.61. The summed E-state index contributed by atoms with van der Waals surface area (Å²) in [7, 11) is 1.57. The predicted molar refractivity (Wildman–Crippen MR) is 95.4 cm³/mol. The third-order valence-corrected chi connectivity index (χ3v) is 4.18. The Labute approximate surface area is 150 Å². The number of hydrogen-bond acceptors (Lipinski definition) is 6. The topological polar surface area (TPSA) is 83.5 Å². The van der Waals surface area contributed by atoms with Crippen LogP contribution in [-0.4, -0.2) is 59.2 Å². The summed E-state index contributed by atoms with van der Waals surface area (Å²) in [6, 6.07) is 4.96. The molecular weight excluding hydrogens is 344 g/mol. The summed E-state index contributed by atoms with van der Waals surface area (Å²) in [5.74, 6) is 1.13. The molecule has 9 heteroatoms. The number of carbonyl (C=O) groups is 1. The number of hydrogen-bond donors (Lipinski definition) is 1. The number of carbonyl (C=O) groups excluding carboxylic acids is 1. The van der Waals surface area contributed by atoms with Gasteiger partial charge in [-0.05, 0) is 19.1 Å². The molecule has 8 nitrogen and oxygen atoms in total. The van der Waals surface area contributed by atoms with Crippen LogP contribution in [0.2, 0.25) is 5.15 Å². The monoisotopic (exact) mass is 362 g/mol. The summed E-state index contributed by atoms with van der Waals surface area (Å²) in [5, 5.41) is 3.28. The zero-order chi connectivity index (χ0) is 17.8. The standard InChI is InChI=1S/C16H19ClN6O2/c1-11-12(3-4-13(17)19-11)20-16(24)23-9-7-22(8-10-23)15-18-6-5-14(21-15)25-2/h3-6H,7-10H2,1-2H3,(H,20,24). The number of amides is 2. The largest absolute Gasteiger partial charge is 0.481 e. The number of nitrogens with zero attached hydrogens (tertiary/aromatic N) is 5. The first-order valence-electron chi connectivity index (χ1n) is 7.88. The minimum atomic E-state index is -0.154. The van der Waals surface area contributed by atoms with Crippen molar-refractivity contribution >= 4 is 29.3 Å². The first-order valence-corrected chi connectivity index (χ1v) is 8.25. The SMILES string of the molecule is COc1ccnc(N2CCN(C(=O)Nc3ccc(Cl)nc3C)CC2)n1. The fourth-order valence-electron chi connectivity index (χ4n) is 2.56. The first kappa shape index (κ1) is 17.2. The van der Waals surface area contributed by atoms with Crippen molar-refractivity contribution in [1.82, 2.24) is 19.9 Å². The molecule has 2 aromatic rings. The maximum atomic E-state index is 12.4. The molecule has 2 aromatic heterocycles. The van der Waals surface area contributed by atoms with Crippen molar-refractivity contribution < 1.29 is 9.53 Å². The average Bonchev–Trinajstić information content (AvgIpc) is 2.64. The lowest BCUT2D eigenvalue weighted by atomic mass is 10.3. The molecule has 1 saturated heterocycles. The molecule has 2 amide bonds. The van der Waals surface area contributed by atoms with Crippen molar-refractivity contribution in [1.29, 1.82) is 0 Å².